The van der Waals surface area contributed by atoms with Gasteiger partial charge in [-0.2, -0.15) is 5.10 Å². The van der Waals surface area contributed by atoms with Crippen LogP contribution in [0.4, 0.5) is 0 Å². The second kappa shape index (κ2) is 8.43. The number of carbonyl (C=O) groups is 1. The van der Waals surface area contributed by atoms with E-state index >= 15 is 0 Å². The molecular weight excluding hydrogens is 322 g/mol. The maximum atomic E-state index is 12.2. The van der Waals surface area contributed by atoms with Gasteiger partial charge in [0.25, 0.3) is 11.5 Å². The van der Waals surface area contributed by atoms with Crippen LogP contribution in [0.5, 0.6) is 5.75 Å². The minimum absolute atomic E-state index is 0.0640. The van der Waals surface area contributed by atoms with Gasteiger partial charge in [-0.15, -0.1) is 0 Å². The van der Waals surface area contributed by atoms with E-state index in [0.717, 1.165) is 25.2 Å². The minimum Gasteiger partial charge on any atom is -0.492 e. The van der Waals surface area contributed by atoms with Crippen molar-refractivity contribution in [2.24, 2.45) is 0 Å². The van der Waals surface area contributed by atoms with Gasteiger partial charge in [0, 0.05) is 19.2 Å². The molecule has 1 amide bonds. The van der Waals surface area contributed by atoms with Crippen molar-refractivity contribution in [2.45, 2.75) is 25.5 Å². The second-order valence-corrected chi connectivity index (χ2v) is 5.79. The third kappa shape index (κ3) is 4.90. The van der Waals surface area contributed by atoms with Crippen molar-refractivity contribution in [2.75, 3.05) is 19.8 Å². The molecule has 2 heterocycles. The van der Waals surface area contributed by atoms with Gasteiger partial charge in [0.15, 0.2) is 0 Å². The summed E-state index contributed by atoms with van der Waals surface area (Å²) in [5, 5.41) is 6.92. The third-order valence-electron chi connectivity index (χ3n) is 3.93. The van der Waals surface area contributed by atoms with Crippen molar-refractivity contribution in [1.29, 1.82) is 0 Å². The molecule has 1 saturated heterocycles. The topological polar surface area (TPSA) is 82.5 Å². The van der Waals surface area contributed by atoms with E-state index in [-0.39, 0.29) is 36.4 Å². The molecule has 25 heavy (non-hydrogen) atoms. The number of ether oxygens (including phenoxy) is 2. The molecule has 2 aromatic rings. The summed E-state index contributed by atoms with van der Waals surface area (Å²) in [5.74, 6) is 0.411. The molecule has 3 rings (SSSR count). The lowest BCUT2D eigenvalue weighted by molar-refractivity contribution is 0.0851. The molecule has 132 valence electrons. The van der Waals surface area contributed by atoms with Gasteiger partial charge in [-0.3, -0.25) is 9.59 Å². The van der Waals surface area contributed by atoms with E-state index in [1.54, 1.807) is 0 Å². The van der Waals surface area contributed by atoms with Gasteiger partial charge in [0.05, 0.1) is 12.6 Å². The van der Waals surface area contributed by atoms with Gasteiger partial charge in [-0.05, 0) is 31.0 Å². The first-order chi connectivity index (χ1) is 12.2. The number of carbonyl (C=O) groups excluding carboxylic acids is 1. The summed E-state index contributed by atoms with van der Waals surface area (Å²) in [6.07, 6.45) is 2.03. The van der Waals surface area contributed by atoms with Gasteiger partial charge < -0.3 is 14.8 Å². The Bertz CT molecular complexity index is 754. The van der Waals surface area contributed by atoms with E-state index in [4.69, 9.17) is 9.47 Å². The fraction of sp³-hybridized carbons (Fsp3) is 0.389. The Morgan fingerprint density at radius 2 is 2.12 bits per heavy atom. The molecule has 7 nitrogen and oxygen atoms in total. The number of aromatic nitrogens is 2. The van der Waals surface area contributed by atoms with Crippen molar-refractivity contribution in [3.63, 3.8) is 0 Å². The molecule has 1 aliphatic heterocycles. The summed E-state index contributed by atoms with van der Waals surface area (Å²) >= 11 is 0. The molecule has 0 spiro atoms. The standard InChI is InChI=1S/C18H21N3O4/c22-17-9-8-16(18(23)19-13-15-7-4-11-24-15)20-21(17)10-12-25-14-5-2-1-3-6-14/h1-3,5-6,8-9,15H,4,7,10-13H2,(H,19,23)/t15-/m0/s1. The fourth-order valence-corrected chi connectivity index (χ4v) is 2.60. The molecule has 7 heteroatoms. The number of para-hydroxylation sites is 1. The average molecular weight is 343 g/mol. The molecule has 0 bridgehead atoms. The molecule has 1 aliphatic rings. The van der Waals surface area contributed by atoms with Gasteiger partial charge in [0.1, 0.15) is 18.1 Å². The summed E-state index contributed by atoms with van der Waals surface area (Å²) in [5.41, 5.74) is -0.0651. The van der Waals surface area contributed by atoms with E-state index < -0.39 is 0 Å². The average Bonchev–Trinajstić information content (AvgIpc) is 3.16. The maximum Gasteiger partial charge on any atom is 0.271 e. The zero-order chi connectivity index (χ0) is 17.5. The van der Waals surface area contributed by atoms with Gasteiger partial charge in [-0.25, -0.2) is 4.68 Å². The van der Waals surface area contributed by atoms with Gasteiger partial charge in [-0.1, -0.05) is 18.2 Å². The number of hydrogen-bond donors (Lipinski definition) is 1. The highest BCUT2D eigenvalue weighted by molar-refractivity contribution is 5.91. The van der Waals surface area contributed by atoms with Crippen LogP contribution in [0.25, 0.3) is 0 Å². The summed E-state index contributed by atoms with van der Waals surface area (Å²) in [6.45, 7) is 1.75. The Hall–Kier alpha value is -2.67. The summed E-state index contributed by atoms with van der Waals surface area (Å²) in [4.78, 5) is 24.1. The summed E-state index contributed by atoms with van der Waals surface area (Å²) in [7, 11) is 0. The Kier molecular flexibility index (Phi) is 5.79. The van der Waals surface area contributed by atoms with Crippen LogP contribution in [0, 0.1) is 0 Å². The van der Waals surface area contributed by atoms with E-state index in [1.807, 2.05) is 30.3 Å². The van der Waals surface area contributed by atoms with Crippen LogP contribution in [0.15, 0.2) is 47.3 Å². The lowest BCUT2D eigenvalue weighted by Crippen LogP contribution is -2.34. The number of nitrogens with zero attached hydrogens (tertiary/aromatic N) is 2. The molecule has 0 saturated carbocycles. The Morgan fingerprint density at radius 1 is 1.28 bits per heavy atom. The first-order valence-electron chi connectivity index (χ1n) is 8.38. The van der Waals surface area contributed by atoms with Crippen molar-refractivity contribution >= 4 is 5.91 Å². The Balaban J connectivity index is 1.55. The summed E-state index contributed by atoms with van der Waals surface area (Å²) < 4.78 is 12.3. The number of nitrogens with one attached hydrogen (secondary N) is 1. The zero-order valence-corrected chi connectivity index (χ0v) is 13.9. The highest BCUT2D eigenvalue weighted by atomic mass is 16.5. The van der Waals surface area contributed by atoms with Crippen LogP contribution < -0.4 is 15.6 Å². The number of amides is 1. The molecule has 1 atom stereocenters. The van der Waals surface area contributed by atoms with Crippen LogP contribution in [-0.4, -0.2) is 41.6 Å². The van der Waals surface area contributed by atoms with Crippen molar-refractivity contribution in [3.05, 3.63) is 58.5 Å². The first-order valence-corrected chi connectivity index (χ1v) is 8.38. The zero-order valence-electron chi connectivity index (χ0n) is 13.9. The Labute approximate surface area is 145 Å². The SMILES string of the molecule is O=C(NC[C@@H]1CCCO1)c1ccc(=O)n(CCOc2ccccc2)n1. The lowest BCUT2D eigenvalue weighted by Gasteiger charge is -2.11. The molecule has 1 fully saturated rings. The van der Waals surface area contributed by atoms with E-state index in [1.165, 1.54) is 16.8 Å². The van der Waals surface area contributed by atoms with Crippen LogP contribution >= 0.6 is 0 Å². The molecule has 1 aromatic carbocycles. The first kappa shape index (κ1) is 17.2. The largest absolute Gasteiger partial charge is 0.492 e. The molecule has 0 radical (unpaired) electrons. The molecule has 0 unspecified atom stereocenters. The van der Waals surface area contributed by atoms with Crippen molar-refractivity contribution in [1.82, 2.24) is 15.1 Å². The fourth-order valence-electron chi connectivity index (χ4n) is 2.60. The second-order valence-electron chi connectivity index (χ2n) is 5.79. The number of hydrogen-bond acceptors (Lipinski definition) is 5. The predicted octanol–water partition coefficient (Wildman–Crippen LogP) is 1.23. The normalized spacial score (nSPS) is 16.6. The monoisotopic (exact) mass is 343 g/mol. The molecule has 1 aromatic heterocycles. The molecular formula is C18H21N3O4. The van der Waals surface area contributed by atoms with E-state index in [2.05, 4.69) is 10.4 Å². The van der Waals surface area contributed by atoms with Crippen LogP contribution in [-0.2, 0) is 11.3 Å². The smallest absolute Gasteiger partial charge is 0.271 e. The molecule has 0 aliphatic carbocycles. The predicted molar refractivity (Wildman–Crippen MR) is 91.7 cm³/mol. The van der Waals surface area contributed by atoms with E-state index in [0.29, 0.717) is 6.54 Å². The van der Waals surface area contributed by atoms with Gasteiger partial charge in [0.2, 0.25) is 0 Å². The minimum atomic E-state index is -0.312. The quantitative estimate of drug-likeness (QED) is 0.818. The van der Waals surface area contributed by atoms with Crippen LogP contribution in [0.2, 0.25) is 0 Å². The number of benzene rings is 1. The van der Waals surface area contributed by atoms with Crippen LogP contribution in [0.3, 0.4) is 0 Å². The highest BCUT2D eigenvalue weighted by Crippen LogP contribution is 2.10. The van der Waals surface area contributed by atoms with Crippen molar-refractivity contribution < 1.29 is 14.3 Å². The lowest BCUT2D eigenvalue weighted by atomic mass is 10.2. The van der Waals surface area contributed by atoms with E-state index in [9.17, 15) is 9.59 Å². The van der Waals surface area contributed by atoms with Crippen LogP contribution in [0.1, 0.15) is 23.3 Å². The van der Waals surface area contributed by atoms with Crippen molar-refractivity contribution in [3.8, 4) is 5.75 Å². The summed E-state index contributed by atoms with van der Waals surface area (Å²) in [6, 6.07) is 12.1. The molecule has 1 N–H and O–H groups in total. The third-order valence-corrected chi connectivity index (χ3v) is 3.93. The number of rotatable bonds is 7. The Morgan fingerprint density at radius 3 is 2.88 bits per heavy atom. The van der Waals surface area contributed by atoms with Gasteiger partial charge >= 0.3 is 0 Å². The highest BCUT2D eigenvalue weighted by Gasteiger charge is 2.17. The maximum absolute atomic E-state index is 12.2.